The molecule has 0 fully saturated rings. The van der Waals surface area contributed by atoms with E-state index in [0.717, 1.165) is 11.1 Å². The number of anilines is 1. The molecule has 31 heavy (non-hydrogen) atoms. The first kappa shape index (κ1) is 21.0. The first-order valence-electron chi connectivity index (χ1n) is 9.61. The molecule has 0 aliphatic carbocycles. The highest BCUT2D eigenvalue weighted by Gasteiger charge is 2.23. The summed E-state index contributed by atoms with van der Waals surface area (Å²) in [7, 11) is 0. The fraction of sp³-hybridized carbons (Fsp3) is 0.0833. The summed E-state index contributed by atoms with van der Waals surface area (Å²) in [6.07, 6.45) is 2.30. The van der Waals surface area contributed by atoms with Crippen molar-refractivity contribution in [2.75, 3.05) is 11.9 Å². The molecule has 1 aliphatic heterocycles. The highest BCUT2D eigenvalue weighted by atomic mass is 35.5. The molecule has 5 nitrogen and oxygen atoms in total. The SMILES string of the molecule is O=C1Nc2cc(C(=O)NCCc3ccc(Cl)cc3)ccc2O/C1=C\c1cccc(Cl)c1. The molecule has 4 rings (SSSR count). The van der Waals surface area contributed by atoms with Gasteiger partial charge in [0.25, 0.3) is 11.8 Å². The first-order valence-corrected chi connectivity index (χ1v) is 10.4. The molecule has 0 bridgehead atoms. The number of carbonyl (C=O) groups excluding carboxylic acids is 2. The summed E-state index contributed by atoms with van der Waals surface area (Å²) in [6, 6.07) is 19.5. The van der Waals surface area contributed by atoms with Crippen LogP contribution in [0.1, 0.15) is 21.5 Å². The monoisotopic (exact) mass is 452 g/mol. The van der Waals surface area contributed by atoms with Crippen LogP contribution in [0.15, 0.2) is 72.5 Å². The number of fused-ring (bicyclic) bond motifs is 1. The van der Waals surface area contributed by atoms with E-state index >= 15 is 0 Å². The number of carbonyl (C=O) groups is 2. The van der Waals surface area contributed by atoms with Crippen molar-refractivity contribution in [1.82, 2.24) is 5.32 Å². The molecular formula is C24H18Cl2N2O3. The Bertz CT molecular complexity index is 1170. The largest absolute Gasteiger partial charge is 0.449 e. The van der Waals surface area contributed by atoms with Gasteiger partial charge >= 0.3 is 0 Å². The molecule has 3 aromatic rings. The fourth-order valence-electron chi connectivity index (χ4n) is 3.12. The number of benzene rings is 3. The molecule has 0 radical (unpaired) electrons. The van der Waals surface area contributed by atoms with Gasteiger partial charge in [-0.15, -0.1) is 0 Å². The molecule has 1 heterocycles. The van der Waals surface area contributed by atoms with Gasteiger partial charge in [-0.2, -0.15) is 0 Å². The standard InChI is InChI=1S/C24H18Cl2N2O3/c25-18-7-4-15(5-8-18)10-11-27-23(29)17-6-9-21-20(14-17)28-24(30)22(31-21)13-16-2-1-3-19(26)12-16/h1-9,12-14H,10-11H2,(H,27,29)(H,28,30)/b22-13-. The van der Waals surface area contributed by atoms with E-state index < -0.39 is 5.91 Å². The maximum Gasteiger partial charge on any atom is 0.291 e. The average molecular weight is 453 g/mol. The van der Waals surface area contributed by atoms with Crippen LogP contribution in [0.5, 0.6) is 5.75 Å². The normalized spacial score (nSPS) is 13.9. The van der Waals surface area contributed by atoms with Crippen molar-refractivity contribution < 1.29 is 14.3 Å². The summed E-state index contributed by atoms with van der Waals surface area (Å²) in [5.41, 5.74) is 2.70. The summed E-state index contributed by atoms with van der Waals surface area (Å²) in [6.45, 7) is 0.479. The molecule has 0 saturated heterocycles. The Balaban J connectivity index is 1.42. The van der Waals surface area contributed by atoms with Crippen LogP contribution in [-0.2, 0) is 11.2 Å². The van der Waals surface area contributed by atoms with E-state index in [1.807, 2.05) is 30.3 Å². The number of ether oxygens (including phenoxy) is 1. The van der Waals surface area contributed by atoms with Gasteiger partial charge in [0, 0.05) is 22.2 Å². The van der Waals surface area contributed by atoms with E-state index in [9.17, 15) is 9.59 Å². The number of nitrogens with one attached hydrogen (secondary N) is 2. The van der Waals surface area contributed by atoms with Crippen LogP contribution in [0.2, 0.25) is 10.0 Å². The highest BCUT2D eigenvalue weighted by Crippen LogP contribution is 2.32. The molecule has 1 aliphatic rings. The van der Waals surface area contributed by atoms with E-state index in [0.29, 0.717) is 40.0 Å². The van der Waals surface area contributed by atoms with Gasteiger partial charge in [0.1, 0.15) is 0 Å². The molecule has 2 amide bonds. The lowest BCUT2D eigenvalue weighted by Gasteiger charge is -2.20. The third-order valence-corrected chi connectivity index (χ3v) is 5.18. The minimum absolute atomic E-state index is 0.148. The maximum atomic E-state index is 12.5. The Morgan fingerprint density at radius 2 is 1.81 bits per heavy atom. The summed E-state index contributed by atoms with van der Waals surface area (Å²) < 4.78 is 5.73. The van der Waals surface area contributed by atoms with Crippen LogP contribution >= 0.6 is 23.2 Å². The van der Waals surface area contributed by atoms with Crippen LogP contribution in [-0.4, -0.2) is 18.4 Å². The van der Waals surface area contributed by atoms with Gasteiger partial charge in [0.05, 0.1) is 5.69 Å². The number of halogens is 2. The van der Waals surface area contributed by atoms with Crippen LogP contribution in [0.4, 0.5) is 5.69 Å². The highest BCUT2D eigenvalue weighted by molar-refractivity contribution is 6.31. The number of amides is 2. The van der Waals surface area contributed by atoms with Crippen molar-refractivity contribution >= 4 is 46.8 Å². The van der Waals surface area contributed by atoms with Crippen LogP contribution < -0.4 is 15.4 Å². The van der Waals surface area contributed by atoms with Crippen molar-refractivity contribution in [1.29, 1.82) is 0 Å². The van der Waals surface area contributed by atoms with Gasteiger partial charge in [0.2, 0.25) is 0 Å². The van der Waals surface area contributed by atoms with Crippen molar-refractivity contribution in [3.05, 3.63) is 99.2 Å². The second kappa shape index (κ2) is 9.25. The third kappa shape index (κ3) is 5.26. The zero-order chi connectivity index (χ0) is 21.8. The number of rotatable bonds is 5. The van der Waals surface area contributed by atoms with Crippen molar-refractivity contribution in [3.63, 3.8) is 0 Å². The summed E-state index contributed by atoms with van der Waals surface area (Å²) >= 11 is 11.9. The maximum absolute atomic E-state index is 12.5. The van der Waals surface area contributed by atoms with Gasteiger partial charge in [-0.05, 0) is 66.1 Å². The fourth-order valence-corrected chi connectivity index (χ4v) is 3.45. The lowest BCUT2D eigenvalue weighted by atomic mass is 10.1. The van der Waals surface area contributed by atoms with Gasteiger partial charge in [-0.25, -0.2) is 0 Å². The molecule has 156 valence electrons. The van der Waals surface area contributed by atoms with Crippen LogP contribution in [0.3, 0.4) is 0 Å². The molecular weight excluding hydrogens is 435 g/mol. The molecule has 0 aromatic heterocycles. The quantitative estimate of drug-likeness (QED) is 0.513. The lowest BCUT2D eigenvalue weighted by Crippen LogP contribution is -2.27. The molecule has 3 aromatic carbocycles. The molecule has 2 N–H and O–H groups in total. The lowest BCUT2D eigenvalue weighted by molar-refractivity contribution is -0.115. The van der Waals surface area contributed by atoms with Crippen LogP contribution in [0, 0.1) is 0 Å². The van der Waals surface area contributed by atoms with E-state index in [2.05, 4.69) is 10.6 Å². The van der Waals surface area contributed by atoms with Crippen molar-refractivity contribution in [3.8, 4) is 5.75 Å². The van der Waals surface area contributed by atoms with E-state index in [-0.39, 0.29) is 11.7 Å². The Hall–Kier alpha value is -3.28. The van der Waals surface area contributed by atoms with Gasteiger partial charge in [-0.1, -0.05) is 47.5 Å². The predicted molar refractivity (Wildman–Crippen MR) is 123 cm³/mol. The van der Waals surface area contributed by atoms with E-state index in [1.165, 1.54) is 0 Å². The second-order valence-electron chi connectivity index (χ2n) is 6.96. The molecule has 0 atom stereocenters. The summed E-state index contributed by atoms with van der Waals surface area (Å²) in [4.78, 5) is 24.9. The van der Waals surface area contributed by atoms with Crippen molar-refractivity contribution in [2.24, 2.45) is 0 Å². The Labute approximate surface area is 189 Å². The van der Waals surface area contributed by atoms with E-state index in [4.69, 9.17) is 27.9 Å². The summed E-state index contributed by atoms with van der Waals surface area (Å²) in [5.74, 6) is -0.0143. The predicted octanol–water partition coefficient (Wildman–Crippen LogP) is 5.34. The topological polar surface area (TPSA) is 67.4 Å². The minimum Gasteiger partial charge on any atom is -0.449 e. The van der Waals surface area contributed by atoms with Crippen molar-refractivity contribution in [2.45, 2.75) is 6.42 Å². The zero-order valence-electron chi connectivity index (χ0n) is 16.3. The smallest absolute Gasteiger partial charge is 0.291 e. The molecule has 0 spiro atoms. The molecule has 0 saturated carbocycles. The molecule has 7 heteroatoms. The summed E-state index contributed by atoms with van der Waals surface area (Å²) in [5, 5.41) is 6.89. The third-order valence-electron chi connectivity index (χ3n) is 4.69. The Kier molecular flexibility index (Phi) is 6.26. The average Bonchev–Trinajstić information content (AvgIpc) is 2.75. The first-order chi connectivity index (χ1) is 15.0. The van der Waals surface area contributed by atoms with Gasteiger partial charge < -0.3 is 15.4 Å². The van der Waals surface area contributed by atoms with Gasteiger partial charge in [0.15, 0.2) is 11.5 Å². The van der Waals surface area contributed by atoms with Crippen LogP contribution in [0.25, 0.3) is 6.08 Å². The second-order valence-corrected chi connectivity index (χ2v) is 7.84. The zero-order valence-corrected chi connectivity index (χ0v) is 17.8. The minimum atomic E-state index is -0.396. The Morgan fingerprint density at radius 1 is 1.00 bits per heavy atom. The van der Waals surface area contributed by atoms with Gasteiger partial charge in [-0.3, -0.25) is 9.59 Å². The van der Waals surface area contributed by atoms with E-state index in [1.54, 1.807) is 42.5 Å². The Morgan fingerprint density at radius 3 is 2.58 bits per heavy atom. The number of hydrogen-bond acceptors (Lipinski definition) is 3. The number of hydrogen-bond donors (Lipinski definition) is 2. The molecule has 0 unspecified atom stereocenters.